The molecule has 1 atom stereocenters. The third-order valence-corrected chi connectivity index (χ3v) is 3.36. The van der Waals surface area contributed by atoms with Gasteiger partial charge in [-0.25, -0.2) is 4.79 Å². The number of Topliss-reactive ketones (excluding diaryl/α,β-unsaturated/α-hetero) is 1. The lowest BCUT2D eigenvalue weighted by molar-refractivity contribution is -0.152. The number of carboxylic acids is 1. The average Bonchev–Trinajstić information content (AvgIpc) is 2.39. The Morgan fingerprint density at radius 2 is 1.94 bits per heavy atom. The van der Waals surface area contributed by atoms with E-state index in [4.69, 9.17) is 5.11 Å². The molecule has 0 radical (unpaired) electrons. The zero-order valence-electron chi connectivity index (χ0n) is 10.2. The van der Waals surface area contributed by atoms with E-state index < -0.39 is 17.8 Å². The summed E-state index contributed by atoms with van der Waals surface area (Å²) in [6.45, 7) is 1.43. The molecule has 1 aliphatic rings. The fourth-order valence-corrected chi connectivity index (χ4v) is 2.44. The molecular weight excluding hydrogens is 230 g/mol. The van der Waals surface area contributed by atoms with Crippen molar-refractivity contribution in [1.29, 1.82) is 0 Å². The summed E-state index contributed by atoms with van der Waals surface area (Å²) in [6, 6.07) is 9.38. The molecule has 1 aliphatic heterocycles. The fraction of sp³-hybridized carbons (Fsp3) is 0.429. The first-order chi connectivity index (χ1) is 8.68. The molecule has 96 valence electrons. The van der Waals surface area contributed by atoms with Crippen molar-refractivity contribution >= 4 is 11.8 Å². The highest BCUT2D eigenvalue weighted by atomic mass is 16.4. The van der Waals surface area contributed by atoms with Gasteiger partial charge in [0.15, 0.2) is 0 Å². The van der Waals surface area contributed by atoms with Gasteiger partial charge in [0.2, 0.25) is 0 Å². The lowest BCUT2D eigenvalue weighted by Gasteiger charge is -2.33. The van der Waals surface area contributed by atoms with Crippen LogP contribution in [0.4, 0.5) is 0 Å². The summed E-state index contributed by atoms with van der Waals surface area (Å²) in [6.07, 6.45) is 2.60. The zero-order valence-corrected chi connectivity index (χ0v) is 10.2. The third kappa shape index (κ3) is 2.96. The molecule has 0 bridgehead atoms. The Morgan fingerprint density at radius 1 is 1.22 bits per heavy atom. The van der Waals surface area contributed by atoms with Gasteiger partial charge in [0.1, 0.15) is 0 Å². The Morgan fingerprint density at radius 3 is 2.61 bits per heavy atom. The first-order valence-electron chi connectivity index (χ1n) is 6.23. The minimum Gasteiger partial charge on any atom is -0.475 e. The third-order valence-electron chi connectivity index (χ3n) is 3.36. The quantitative estimate of drug-likeness (QED) is 0.823. The molecule has 1 aromatic carbocycles. The van der Waals surface area contributed by atoms with Crippen LogP contribution in [0, 0.1) is 0 Å². The molecule has 1 aromatic rings. The largest absolute Gasteiger partial charge is 0.475 e. The van der Waals surface area contributed by atoms with Gasteiger partial charge in [0.05, 0.1) is 6.04 Å². The second kappa shape index (κ2) is 5.78. The van der Waals surface area contributed by atoms with Crippen LogP contribution in [0.5, 0.6) is 0 Å². The summed E-state index contributed by atoms with van der Waals surface area (Å²) in [4.78, 5) is 24.5. The van der Waals surface area contributed by atoms with E-state index in [0.717, 1.165) is 24.9 Å². The van der Waals surface area contributed by atoms with Crippen molar-refractivity contribution in [3.8, 4) is 0 Å². The van der Waals surface area contributed by atoms with Crippen molar-refractivity contribution in [2.45, 2.75) is 31.8 Å². The van der Waals surface area contributed by atoms with Gasteiger partial charge in [0.25, 0.3) is 5.78 Å². The number of benzene rings is 1. The minimum atomic E-state index is -1.32. The van der Waals surface area contributed by atoms with Crippen molar-refractivity contribution in [3.05, 3.63) is 35.9 Å². The maximum atomic E-state index is 11.7. The number of hydrogen-bond donors (Lipinski definition) is 1. The van der Waals surface area contributed by atoms with Crippen LogP contribution in [0.15, 0.2) is 30.3 Å². The Labute approximate surface area is 106 Å². The van der Waals surface area contributed by atoms with Crippen molar-refractivity contribution in [1.82, 2.24) is 4.90 Å². The van der Waals surface area contributed by atoms with Gasteiger partial charge >= 0.3 is 5.97 Å². The van der Waals surface area contributed by atoms with E-state index in [1.54, 1.807) is 0 Å². The number of ketones is 1. The summed E-state index contributed by atoms with van der Waals surface area (Å²) < 4.78 is 0. The molecule has 0 amide bonds. The van der Waals surface area contributed by atoms with E-state index in [-0.39, 0.29) is 0 Å². The van der Waals surface area contributed by atoms with Crippen LogP contribution >= 0.6 is 0 Å². The molecule has 0 aliphatic carbocycles. The zero-order chi connectivity index (χ0) is 13.0. The predicted molar refractivity (Wildman–Crippen MR) is 67.1 cm³/mol. The van der Waals surface area contributed by atoms with Crippen LogP contribution in [-0.4, -0.2) is 34.3 Å². The van der Waals surface area contributed by atoms with Gasteiger partial charge in [-0.05, 0) is 24.9 Å². The number of carbonyl (C=O) groups excluding carboxylic acids is 1. The Bertz CT molecular complexity index is 430. The predicted octanol–water partition coefficient (Wildman–Crippen LogP) is 1.69. The first kappa shape index (κ1) is 12.8. The number of piperidine rings is 1. The lowest BCUT2D eigenvalue weighted by Crippen LogP contribution is -2.46. The normalized spacial score (nSPS) is 20.6. The fourth-order valence-electron chi connectivity index (χ4n) is 2.44. The van der Waals surface area contributed by atoms with E-state index in [0.29, 0.717) is 13.0 Å². The smallest absolute Gasteiger partial charge is 0.373 e. The molecule has 4 heteroatoms. The van der Waals surface area contributed by atoms with Crippen LogP contribution in [-0.2, 0) is 16.1 Å². The molecule has 0 aromatic heterocycles. The van der Waals surface area contributed by atoms with Gasteiger partial charge in [-0.2, -0.15) is 0 Å². The maximum absolute atomic E-state index is 11.7. The van der Waals surface area contributed by atoms with Crippen LogP contribution in [0.3, 0.4) is 0 Å². The van der Waals surface area contributed by atoms with Gasteiger partial charge in [0, 0.05) is 6.54 Å². The number of carboxylic acid groups (broad SMARTS) is 1. The van der Waals surface area contributed by atoms with E-state index in [1.807, 2.05) is 35.2 Å². The molecule has 1 saturated heterocycles. The Hall–Kier alpha value is -1.68. The monoisotopic (exact) mass is 247 g/mol. The standard InChI is InChI=1S/C14H17NO3/c16-13(14(17)18)12-8-4-5-9-15(12)10-11-6-2-1-3-7-11/h1-3,6-7,12H,4-5,8-10H2,(H,17,18). The Kier molecular flexibility index (Phi) is 4.10. The molecule has 0 saturated carbocycles. The number of nitrogens with zero attached hydrogens (tertiary/aromatic N) is 1. The van der Waals surface area contributed by atoms with E-state index >= 15 is 0 Å². The highest BCUT2D eigenvalue weighted by molar-refractivity contribution is 6.34. The summed E-state index contributed by atoms with van der Waals surface area (Å²) in [5.74, 6) is -1.99. The number of carbonyl (C=O) groups is 2. The van der Waals surface area contributed by atoms with Gasteiger partial charge in [-0.15, -0.1) is 0 Å². The summed E-state index contributed by atoms with van der Waals surface area (Å²) in [5.41, 5.74) is 1.11. The topological polar surface area (TPSA) is 57.6 Å². The molecule has 1 fully saturated rings. The SMILES string of the molecule is O=C(O)C(=O)C1CCCCN1Cc1ccccc1. The summed E-state index contributed by atoms with van der Waals surface area (Å²) >= 11 is 0. The number of aliphatic carboxylic acids is 1. The molecule has 1 N–H and O–H groups in total. The molecule has 2 rings (SSSR count). The van der Waals surface area contributed by atoms with Crippen molar-refractivity contribution in [2.24, 2.45) is 0 Å². The molecule has 0 spiro atoms. The second-order valence-corrected chi connectivity index (χ2v) is 4.64. The molecule has 1 unspecified atom stereocenters. The minimum absolute atomic E-state index is 0.462. The van der Waals surface area contributed by atoms with E-state index in [2.05, 4.69) is 0 Å². The number of hydrogen-bond acceptors (Lipinski definition) is 3. The van der Waals surface area contributed by atoms with Gasteiger partial charge < -0.3 is 5.11 Å². The summed E-state index contributed by atoms with van der Waals surface area (Å²) in [7, 11) is 0. The van der Waals surface area contributed by atoms with Crippen LogP contribution < -0.4 is 0 Å². The number of likely N-dealkylation sites (tertiary alicyclic amines) is 1. The highest BCUT2D eigenvalue weighted by Crippen LogP contribution is 2.20. The van der Waals surface area contributed by atoms with Crippen LogP contribution in [0.25, 0.3) is 0 Å². The maximum Gasteiger partial charge on any atom is 0.373 e. The average molecular weight is 247 g/mol. The summed E-state index contributed by atoms with van der Waals surface area (Å²) in [5, 5.41) is 8.84. The van der Waals surface area contributed by atoms with Crippen molar-refractivity contribution < 1.29 is 14.7 Å². The molecular formula is C14H17NO3. The first-order valence-corrected chi connectivity index (χ1v) is 6.23. The van der Waals surface area contributed by atoms with Crippen molar-refractivity contribution in [2.75, 3.05) is 6.54 Å². The van der Waals surface area contributed by atoms with Crippen LogP contribution in [0.1, 0.15) is 24.8 Å². The second-order valence-electron chi connectivity index (χ2n) is 4.64. The lowest BCUT2D eigenvalue weighted by atomic mass is 9.97. The van der Waals surface area contributed by atoms with Crippen LogP contribution in [0.2, 0.25) is 0 Å². The van der Waals surface area contributed by atoms with Crippen molar-refractivity contribution in [3.63, 3.8) is 0 Å². The van der Waals surface area contributed by atoms with Gasteiger partial charge in [-0.3, -0.25) is 9.69 Å². The molecule has 4 nitrogen and oxygen atoms in total. The van der Waals surface area contributed by atoms with Gasteiger partial charge in [-0.1, -0.05) is 36.8 Å². The highest BCUT2D eigenvalue weighted by Gasteiger charge is 2.32. The number of rotatable bonds is 4. The van der Waals surface area contributed by atoms with E-state index in [1.165, 1.54) is 0 Å². The molecule has 1 heterocycles. The Balaban J connectivity index is 2.09. The van der Waals surface area contributed by atoms with E-state index in [9.17, 15) is 9.59 Å². The molecule has 18 heavy (non-hydrogen) atoms.